The zero-order chi connectivity index (χ0) is 17.2. The summed E-state index contributed by atoms with van der Waals surface area (Å²) in [6, 6.07) is 6.74. The number of hydrogen-bond donors (Lipinski definition) is 3. The van der Waals surface area contributed by atoms with Gasteiger partial charge in [0.15, 0.2) is 5.82 Å². The van der Waals surface area contributed by atoms with Crippen LogP contribution in [0, 0.1) is 0 Å². The van der Waals surface area contributed by atoms with Crippen molar-refractivity contribution in [3.05, 3.63) is 35.5 Å². The van der Waals surface area contributed by atoms with E-state index in [-0.39, 0.29) is 4.90 Å². The van der Waals surface area contributed by atoms with E-state index in [0.717, 1.165) is 12.8 Å². The highest BCUT2D eigenvalue weighted by atomic mass is 35.5. The summed E-state index contributed by atoms with van der Waals surface area (Å²) in [7, 11) is -2.07. The third-order valence-corrected chi connectivity index (χ3v) is 5.59. The predicted octanol–water partition coefficient (Wildman–Crippen LogP) is 2.75. The van der Waals surface area contributed by atoms with E-state index >= 15 is 0 Å². The van der Waals surface area contributed by atoms with Gasteiger partial charge in [0.05, 0.1) is 11.1 Å². The molecule has 1 aromatic carbocycles. The lowest BCUT2D eigenvalue weighted by Crippen LogP contribution is -2.27. The molecule has 128 valence electrons. The van der Waals surface area contributed by atoms with E-state index in [9.17, 15) is 8.42 Å². The summed E-state index contributed by atoms with van der Waals surface area (Å²) in [4.78, 5) is 8.72. The van der Waals surface area contributed by atoms with E-state index in [1.165, 1.54) is 31.8 Å². The number of anilines is 3. The third-order valence-electron chi connectivity index (χ3n) is 3.88. The lowest BCUT2D eigenvalue weighted by Gasteiger charge is -2.27. The topological polar surface area (TPSA) is 96.0 Å². The van der Waals surface area contributed by atoms with Crippen molar-refractivity contribution in [1.82, 2.24) is 14.7 Å². The van der Waals surface area contributed by atoms with Gasteiger partial charge >= 0.3 is 0 Å². The number of rotatable bonds is 6. The lowest BCUT2D eigenvalue weighted by molar-refractivity contribution is 0.444. The van der Waals surface area contributed by atoms with Crippen LogP contribution in [0.1, 0.15) is 19.3 Å². The summed E-state index contributed by atoms with van der Waals surface area (Å²) in [5.74, 6) is 0.999. The molecule has 24 heavy (non-hydrogen) atoms. The maximum atomic E-state index is 11.7. The molecule has 0 bridgehead atoms. The second kappa shape index (κ2) is 6.92. The van der Waals surface area contributed by atoms with E-state index in [4.69, 9.17) is 11.6 Å². The molecule has 1 aliphatic rings. The summed E-state index contributed by atoms with van der Waals surface area (Å²) in [5, 5.41) is 6.82. The highest BCUT2D eigenvalue weighted by Crippen LogP contribution is 2.27. The van der Waals surface area contributed by atoms with E-state index < -0.39 is 10.0 Å². The Morgan fingerprint density at radius 2 is 1.92 bits per heavy atom. The van der Waals surface area contributed by atoms with Gasteiger partial charge < -0.3 is 10.6 Å². The number of nitrogens with one attached hydrogen (secondary N) is 3. The Balaban J connectivity index is 1.74. The van der Waals surface area contributed by atoms with Crippen LogP contribution in [0.25, 0.3) is 0 Å². The van der Waals surface area contributed by atoms with Crippen LogP contribution in [0.5, 0.6) is 0 Å². The van der Waals surface area contributed by atoms with Gasteiger partial charge in [0.1, 0.15) is 5.02 Å². The van der Waals surface area contributed by atoms with Crippen molar-refractivity contribution in [2.45, 2.75) is 30.2 Å². The van der Waals surface area contributed by atoms with Gasteiger partial charge in [-0.05, 0) is 50.6 Å². The first-order chi connectivity index (χ1) is 11.5. The van der Waals surface area contributed by atoms with Crippen molar-refractivity contribution in [2.75, 3.05) is 17.7 Å². The minimum absolute atomic E-state index is 0.194. The van der Waals surface area contributed by atoms with Gasteiger partial charge in [0.2, 0.25) is 16.0 Å². The van der Waals surface area contributed by atoms with Crippen molar-refractivity contribution in [1.29, 1.82) is 0 Å². The van der Waals surface area contributed by atoms with Gasteiger partial charge in [-0.1, -0.05) is 11.6 Å². The first-order valence-corrected chi connectivity index (χ1v) is 9.44. The molecule has 0 atom stereocenters. The van der Waals surface area contributed by atoms with Gasteiger partial charge in [-0.2, -0.15) is 4.98 Å². The van der Waals surface area contributed by atoms with E-state index in [1.54, 1.807) is 12.1 Å². The van der Waals surface area contributed by atoms with E-state index in [1.807, 2.05) is 0 Å². The first kappa shape index (κ1) is 16.9. The number of benzene rings is 1. The monoisotopic (exact) mass is 367 g/mol. The Kier molecular flexibility index (Phi) is 4.88. The molecule has 3 rings (SSSR count). The summed E-state index contributed by atoms with van der Waals surface area (Å²) < 4.78 is 25.7. The van der Waals surface area contributed by atoms with Crippen LogP contribution in [0.3, 0.4) is 0 Å². The molecule has 0 amide bonds. The number of halogens is 1. The number of sulfonamides is 1. The second-order valence-electron chi connectivity index (χ2n) is 5.52. The second-order valence-corrected chi connectivity index (χ2v) is 7.81. The third kappa shape index (κ3) is 3.77. The average molecular weight is 368 g/mol. The molecule has 7 nitrogen and oxygen atoms in total. The molecule has 0 spiro atoms. The fourth-order valence-electron chi connectivity index (χ4n) is 2.24. The molecular formula is C15H18ClN5O2S. The Morgan fingerprint density at radius 3 is 2.50 bits per heavy atom. The molecule has 1 aliphatic carbocycles. The SMILES string of the molecule is CNS(=O)(=O)c1ccc(Nc2ncc(Cl)c(NC3CCC3)n2)cc1. The molecule has 3 N–H and O–H groups in total. The van der Waals surface area contributed by atoms with Crippen LogP contribution in [0.2, 0.25) is 5.02 Å². The minimum Gasteiger partial charge on any atom is -0.366 e. The van der Waals surface area contributed by atoms with Crippen LogP contribution in [0.4, 0.5) is 17.5 Å². The zero-order valence-electron chi connectivity index (χ0n) is 13.1. The van der Waals surface area contributed by atoms with Crippen molar-refractivity contribution in [2.24, 2.45) is 0 Å². The molecular weight excluding hydrogens is 350 g/mol. The molecule has 1 aromatic heterocycles. The van der Waals surface area contributed by atoms with Gasteiger partial charge in [0.25, 0.3) is 0 Å². The van der Waals surface area contributed by atoms with Gasteiger partial charge in [0, 0.05) is 11.7 Å². The number of aromatic nitrogens is 2. The van der Waals surface area contributed by atoms with Crippen LogP contribution < -0.4 is 15.4 Å². The van der Waals surface area contributed by atoms with Crippen LogP contribution >= 0.6 is 11.6 Å². The maximum absolute atomic E-state index is 11.7. The van der Waals surface area contributed by atoms with Crippen molar-refractivity contribution in [3.63, 3.8) is 0 Å². The number of nitrogens with zero attached hydrogens (tertiary/aromatic N) is 2. The summed E-state index contributed by atoms with van der Waals surface area (Å²) in [6.45, 7) is 0. The zero-order valence-corrected chi connectivity index (χ0v) is 14.7. The minimum atomic E-state index is -3.45. The average Bonchev–Trinajstić information content (AvgIpc) is 2.54. The summed E-state index contributed by atoms with van der Waals surface area (Å²) in [6.07, 6.45) is 4.99. The van der Waals surface area contributed by atoms with Crippen molar-refractivity contribution in [3.8, 4) is 0 Å². The van der Waals surface area contributed by atoms with Crippen molar-refractivity contribution < 1.29 is 8.42 Å². The lowest BCUT2D eigenvalue weighted by atomic mass is 9.93. The maximum Gasteiger partial charge on any atom is 0.240 e. The molecule has 0 saturated heterocycles. The standard InChI is InChI=1S/C15H18ClN5O2S/c1-17-24(22,23)12-7-5-11(6-8-12)20-15-18-9-13(16)14(21-15)19-10-3-2-4-10/h5-10,17H,2-4H2,1H3,(H2,18,19,20,21). The molecule has 1 fully saturated rings. The van der Waals surface area contributed by atoms with Crippen LogP contribution in [-0.4, -0.2) is 31.5 Å². The molecule has 0 aliphatic heterocycles. The Labute approximate surface area is 145 Å². The first-order valence-electron chi connectivity index (χ1n) is 7.57. The fourth-order valence-corrected chi connectivity index (χ4v) is 3.11. The number of hydrogen-bond acceptors (Lipinski definition) is 6. The molecule has 0 radical (unpaired) electrons. The van der Waals surface area contributed by atoms with E-state index in [0.29, 0.717) is 28.5 Å². The van der Waals surface area contributed by atoms with Crippen LogP contribution in [0.15, 0.2) is 35.4 Å². The van der Waals surface area contributed by atoms with Crippen molar-refractivity contribution >= 4 is 39.1 Å². The molecule has 9 heteroatoms. The smallest absolute Gasteiger partial charge is 0.240 e. The molecule has 2 aromatic rings. The van der Waals surface area contributed by atoms with Gasteiger partial charge in [-0.3, -0.25) is 0 Å². The Hall–Kier alpha value is -1.90. The summed E-state index contributed by atoms with van der Waals surface area (Å²) in [5.41, 5.74) is 0.682. The van der Waals surface area contributed by atoms with Gasteiger partial charge in [-0.25, -0.2) is 18.1 Å². The molecule has 0 unspecified atom stereocenters. The van der Waals surface area contributed by atoms with Gasteiger partial charge in [-0.15, -0.1) is 0 Å². The van der Waals surface area contributed by atoms with Crippen LogP contribution in [-0.2, 0) is 10.0 Å². The van der Waals surface area contributed by atoms with E-state index in [2.05, 4.69) is 25.3 Å². The highest BCUT2D eigenvalue weighted by Gasteiger charge is 2.19. The Morgan fingerprint density at radius 1 is 1.21 bits per heavy atom. The summed E-state index contributed by atoms with van der Waals surface area (Å²) >= 11 is 6.12. The largest absolute Gasteiger partial charge is 0.366 e. The highest BCUT2D eigenvalue weighted by molar-refractivity contribution is 7.89. The quantitative estimate of drug-likeness (QED) is 0.726. The molecule has 1 heterocycles. The predicted molar refractivity (Wildman–Crippen MR) is 94.3 cm³/mol. The normalized spacial score (nSPS) is 14.9. The Bertz CT molecular complexity index is 822. The fraction of sp³-hybridized carbons (Fsp3) is 0.333. The molecule has 1 saturated carbocycles.